The highest BCUT2D eigenvalue weighted by atomic mass is 28.4. The van der Waals surface area contributed by atoms with Crippen LogP contribution in [0.5, 0.6) is 0 Å². The fourth-order valence-corrected chi connectivity index (χ4v) is 3.21. The van der Waals surface area contributed by atoms with Crippen molar-refractivity contribution in [2.75, 3.05) is 40.6 Å². The van der Waals surface area contributed by atoms with Gasteiger partial charge < -0.3 is 18.3 Å². The van der Waals surface area contributed by atoms with Crippen LogP contribution in [0, 0.1) is 5.41 Å². The molecule has 0 bridgehead atoms. The minimum absolute atomic E-state index is 0.295. The summed E-state index contributed by atoms with van der Waals surface area (Å²) in [5.41, 5.74) is 0.295. The Bertz CT molecular complexity index is 194. The average molecular weight is 262 g/mol. The molecular weight excluding hydrogens is 236 g/mol. The molecule has 0 aliphatic carbocycles. The first kappa shape index (κ1) is 15.1. The fraction of sp³-hybridized carbons (Fsp3) is 1.00. The molecule has 1 aliphatic rings. The second-order valence-electron chi connectivity index (χ2n) is 5.04. The van der Waals surface area contributed by atoms with E-state index in [9.17, 15) is 0 Å². The summed E-state index contributed by atoms with van der Waals surface area (Å²) in [6.07, 6.45) is 2.14. The van der Waals surface area contributed by atoms with Crippen molar-refractivity contribution in [2.24, 2.45) is 5.41 Å². The summed E-state index contributed by atoms with van der Waals surface area (Å²) in [6, 6.07) is 0.982. The van der Waals surface area contributed by atoms with Crippen molar-refractivity contribution in [3.05, 3.63) is 0 Å². The Hall–Kier alpha value is 0.0569. The largest absolute Gasteiger partial charge is 0.398 e. The molecule has 0 aromatic heterocycles. The van der Waals surface area contributed by atoms with E-state index in [2.05, 4.69) is 13.5 Å². The van der Waals surface area contributed by atoms with E-state index < -0.39 is 8.56 Å². The minimum atomic E-state index is -1.90. The van der Waals surface area contributed by atoms with Crippen molar-refractivity contribution in [3.63, 3.8) is 0 Å². The zero-order valence-corrected chi connectivity index (χ0v) is 12.6. The molecule has 4 nitrogen and oxygen atoms in total. The molecule has 0 N–H and O–H groups in total. The number of ether oxygens (including phenoxy) is 2. The van der Waals surface area contributed by atoms with Gasteiger partial charge in [-0.3, -0.25) is 0 Å². The van der Waals surface area contributed by atoms with Crippen molar-refractivity contribution >= 4 is 8.56 Å². The van der Waals surface area contributed by atoms with Crippen LogP contribution >= 0.6 is 0 Å². The molecule has 1 rings (SSSR count). The molecule has 0 radical (unpaired) electrons. The predicted molar refractivity (Wildman–Crippen MR) is 69.4 cm³/mol. The summed E-state index contributed by atoms with van der Waals surface area (Å²) < 4.78 is 21.9. The third-order valence-corrected chi connectivity index (χ3v) is 6.75. The maximum atomic E-state index is 5.75. The molecule has 0 unspecified atom stereocenters. The Morgan fingerprint density at radius 3 is 2.29 bits per heavy atom. The molecule has 0 saturated carbocycles. The zero-order chi connectivity index (χ0) is 12.8. The zero-order valence-electron chi connectivity index (χ0n) is 11.6. The summed E-state index contributed by atoms with van der Waals surface area (Å²) in [7, 11) is 1.56. The molecule has 1 saturated heterocycles. The van der Waals surface area contributed by atoms with E-state index >= 15 is 0 Å². The Kier molecular flexibility index (Phi) is 6.09. The van der Waals surface area contributed by atoms with Gasteiger partial charge in [-0.2, -0.15) is 0 Å². The SMILES string of the molecule is CCC1(COCCC[Si](C)(OC)OC)COC1. The van der Waals surface area contributed by atoms with Gasteiger partial charge in [0.05, 0.1) is 19.8 Å². The highest BCUT2D eigenvalue weighted by Crippen LogP contribution is 2.31. The Morgan fingerprint density at radius 1 is 1.24 bits per heavy atom. The van der Waals surface area contributed by atoms with Crippen LogP contribution in [-0.4, -0.2) is 49.2 Å². The number of hydrogen-bond donors (Lipinski definition) is 0. The van der Waals surface area contributed by atoms with E-state index in [0.29, 0.717) is 5.41 Å². The van der Waals surface area contributed by atoms with Gasteiger partial charge in [0, 0.05) is 26.2 Å². The lowest BCUT2D eigenvalue weighted by Crippen LogP contribution is -2.45. The van der Waals surface area contributed by atoms with Gasteiger partial charge in [0.15, 0.2) is 0 Å². The van der Waals surface area contributed by atoms with Gasteiger partial charge in [-0.1, -0.05) is 6.92 Å². The lowest BCUT2D eigenvalue weighted by Gasteiger charge is -2.40. The van der Waals surface area contributed by atoms with Gasteiger partial charge in [-0.05, 0) is 25.4 Å². The summed E-state index contributed by atoms with van der Waals surface area (Å²) in [4.78, 5) is 0. The predicted octanol–water partition coefficient (Wildman–Crippen LogP) is 2.18. The van der Waals surface area contributed by atoms with Crippen LogP contribution in [0.25, 0.3) is 0 Å². The quantitative estimate of drug-likeness (QED) is 0.471. The van der Waals surface area contributed by atoms with Gasteiger partial charge in [0.1, 0.15) is 0 Å². The van der Waals surface area contributed by atoms with E-state index in [1.54, 1.807) is 14.2 Å². The summed E-state index contributed by atoms with van der Waals surface area (Å²) in [6.45, 7) is 7.60. The topological polar surface area (TPSA) is 36.9 Å². The fourth-order valence-electron chi connectivity index (χ4n) is 1.85. The van der Waals surface area contributed by atoms with Crippen molar-refractivity contribution in [1.82, 2.24) is 0 Å². The van der Waals surface area contributed by atoms with Crippen molar-refractivity contribution in [1.29, 1.82) is 0 Å². The van der Waals surface area contributed by atoms with Crippen LogP contribution in [0.15, 0.2) is 0 Å². The first-order valence-corrected chi connectivity index (χ1v) is 8.88. The molecule has 0 aromatic carbocycles. The number of hydrogen-bond acceptors (Lipinski definition) is 4. The van der Waals surface area contributed by atoms with E-state index in [1.807, 2.05) is 0 Å². The Labute approximate surface area is 106 Å². The second-order valence-corrected chi connectivity index (χ2v) is 8.63. The van der Waals surface area contributed by atoms with Gasteiger partial charge >= 0.3 is 8.56 Å². The van der Waals surface area contributed by atoms with Crippen LogP contribution < -0.4 is 0 Å². The van der Waals surface area contributed by atoms with Crippen molar-refractivity contribution in [3.8, 4) is 0 Å². The maximum absolute atomic E-state index is 5.75. The first-order chi connectivity index (χ1) is 8.10. The summed E-state index contributed by atoms with van der Waals surface area (Å²) in [5.74, 6) is 0. The van der Waals surface area contributed by atoms with Gasteiger partial charge in [0.2, 0.25) is 0 Å². The molecular formula is C12H26O4Si. The lowest BCUT2D eigenvalue weighted by molar-refractivity contribution is -0.150. The molecule has 17 heavy (non-hydrogen) atoms. The Morgan fingerprint density at radius 2 is 1.88 bits per heavy atom. The van der Waals surface area contributed by atoms with Crippen LogP contribution in [0.2, 0.25) is 12.6 Å². The summed E-state index contributed by atoms with van der Waals surface area (Å²) >= 11 is 0. The van der Waals surface area contributed by atoms with Crippen LogP contribution in [0.1, 0.15) is 19.8 Å². The number of rotatable bonds is 9. The maximum Gasteiger partial charge on any atom is 0.334 e. The third-order valence-electron chi connectivity index (χ3n) is 3.76. The molecule has 102 valence electrons. The molecule has 1 heterocycles. The van der Waals surface area contributed by atoms with Gasteiger partial charge in [-0.25, -0.2) is 0 Å². The highest BCUT2D eigenvalue weighted by Gasteiger charge is 2.37. The van der Waals surface area contributed by atoms with E-state index in [-0.39, 0.29) is 0 Å². The molecule has 1 fully saturated rings. The smallest absolute Gasteiger partial charge is 0.334 e. The standard InChI is InChI=1S/C12H26O4Si/c1-5-12(10-16-11-12)9-15-7-6-8-17(4,13-2)14-3/h5-11H2,1-4H3. The van der Waals surface area contributed by atoms with E-state index in [4.69, 9.17) is 18.3 Å². The highest BCUT2D eigenvalue weighted by molar-refractivity contribution is 6.65. The third kappa shape index (κ3) is 4.33. The molecule has 1 aliphatic heterocycles. The normalized spacial score (nSPS) is 19.1. The van der Waals surface area contributed by atoms with E-state index in [0.717, 1.165) is 45.3 Å². The monoisotopic (exact) mass is 262 g/mol. The minimum Gasteiger partial charge on any atom is -0.398 e. The first-order valence-electron chi connectivity index (χ1n) is 6.35. The molecule has 0 spiro atoms. The molecule has 0 aromatic rings. The van der Waals surface area contributed by atoms with Crippen LogP contribution in [0.3, 0.4) is 0 Å². The van der Waals surface area contributed by atoms with E-state index in [1.165, 1.54) is 0 Å². The van der Waals surface area contributed by atoms with Gasteiger partial charge in [-0.15, -0.1) is 0 Å². The van der Waals surface area contributed by atoms with Crippen LogP contribution in [0.4, 0.5) is 0 Å². The lowest BCUT2D eigenvalue weighted by atomic mass is 9.84. The molecule has 0 amide bonds. The molecule has 0 atom stereocenters. The Balaban J connectivity index is 2.08. The molecule has 5 heteroatoms. The van der Waals surface area contributed by atoms with Crippen molar-refractivity contribution in [2.45, 2.75) is 32.4 Å². The van der Waals surface area contributed by atoms with Gasteiger partial charge in [0.25, 0.3) is 0 Å². The average Bonchev–Trinajstić information content (AvgIpc) is 2.31. The van der Waals surface area contributed by atoms with Crippen LogP contribution in [-0.2, 0) is 18.3 Å². The van der Waals surface area contributed by atoms with Crippen molar-refractivity contribution < 1.29 is 18.3 Å². The summed E-state index contributed by atoms with van der Waals surface area (Å²) in [5, 5.41) is 0. The second kappa shape index (κ2) is 6.85.